The summed E-state index contributed by atoms with van der Waals surface area (Å²) in [6.07, 6.45) is 1.61. The highest BCUT2D eigenvalue weighted by Gasteiger charge is 2.29. The van der Waals surface area contributed by atoms with E-state index >= 15 is 0 Å². The molecule has 1 amide bonds. The molecule has 3 nitrogen and oxygen atoms in total. The number of nitrogens with zero attached hydrogens (tertiary/aromatic N) is 1. The van der Waals surface area contributed by atoms with Crippen molar-refractivity contribution in [3.8, 4) is 0 Å². The van der Waals surface area contributed by atoms with Crippen LogP contribution in [0.1, 0.15) is 26.3 Å². The minimum absolute atomic E-state index is 0.0489. The minimum atomic E-state index is -0.419. The van der Waals surface area contributed by atoms with Crippen molar-refractivity contribution in [3.05, 3.63) is 47.0 Å². The third-order valence-electron chi connectivity index (χ3n) is 3.09. The first-order chi connectivity index (χ1) is 9.38. The van der Waals surface area contributed by atoms with Crippen LogP contribution in [0.5, 0.6) is 0 Å². The smallest absolute Gasteiger partial charge is 0.238 e. The molecule has 106 valence electrons. The fourth-order valence-electron chi connectivity index (χ4n) is 1.79. The Morgan fingerprint density at radius 3 is 2.55 bits per heavy atom. The van der Waals surface area contributed by atoms with E-state index in [4.69, 9.17) is 0 Å². The fourth-order valence-corrected chi connectivity index (χ4v) is 2.73. The van der Waals surface area contributed by atoms with E-state index in [0.29, 0.717) is 12.3 Å². The minimum Gasteiger partial charge on any atom is -0.301 e. The molecule has 0 aliphatic carbocycles. The van der Waals surface area contributed by atoms with Crippen molar-refractivity contribution in [2.45, 2.75) is 27.3 Å². The topological polar surface area (TPSA) is 37.4 Å². The van der Waals surface area contributed by atoms with E-state index in [9.17, 15) is 9.59 Å². The maximum absolute atomic E-state index is 12.1. The molecule has 0 saturated carbocycles. The Balaban J connectivity index is 2.19. The van der Waals surface area contributed by atoms with E-state index in [1.165, 1.54) is 11.8 Å². The molecule has 0 aromatic heterocycles. The van der Waals surface area contributed by atoms with Crippen LogP contribution in [0.25, 0.3) is 0 Å². The quantitative estimate of drug-likeness (QED) is 0.802. The molecular formula is C16H19NO2S. The van der Waals surface area contributed by atoms with E-state index in [2.05, 4.69) is 0 Å². The van der Waals surface area contributed by atoms with Crippen LogP contribution in [0, 0.1) is 5.41 Å². The predicted octanol–water partition coefficient (Wildman–Crippen LogP) is 3.22. The summed E-state index contributed by atoms with van der Waals surface area (Å²) < 4.78 is 0. The van der Waals surface area contributed by atoms with Gasteiger partial charge in [-0.05, 0) is 5.56 Å². The zero-order chi connectivity index (χ0) is 14.8. The van der Waals surface area contributed by atoms with Gasteiger partial charge in [0, 0.05) is 11.5 Å². The Kier molecular flexibility index (Phi) is 4.33. The monoisotopic (exact) mass is 289 g/mol. The first kappa shape index (κ1) is 14.9. The zero-order valence-corrected chi connectivity index (χ0v) is 12.9. The number of carbonyl (C=O) groups is 2. The van der Waals surface area contributed by atoms with Gasteiger partial charge in [0.1, 0.15) is 0 Å². The molecule has 0 radical (unpaired) electrons. The fraction of sp³-hybridized carbons (Fsp3) is 0.375. The normalized spacial score (nSPS) is 17.9. The van der Waals surface area contributed by atoms with Crippen molar-refractivity contribution in [1.82, 2.24) is 4.90 Å². The van der Waals surface area contributed by atoms with Crippen LogP contribution in [0.2, 0.25) is 0 Å². The van der Waals surface area contributed by atoms with Gasteiger partial charge in [0.15, 0.2) is 5.78 Å². The number of benzene rings is 1. The Labute approximate surface area is 124 Å². The summed E-state index contributed by atoms with van der Waals surface area (Å²) in [4.78, 5) is 25.8. The second kappa shape index (κ2) is 5.83. The molecule has 2 rings (SSSR count). The predicted molar refractivity (Wildman–Crippen MR) is 82.0 cm³/mol. The number of amides is 1. The largest absolute Gasteiger partial charge is 0.301 e. The molecule has 1 heterocycles. The molecule has 1 aliphatic rings. The Hall–Kier alpha value is -1.55. The van der Waals surface area contributed by atoms with E-state index in [1.54, 1.807) is 11.0 Å². The van der Waals surface area contributed by atoms with E-state index in [-0.39, 0.29) is 11.7 Å². The first-order valence-corrected chi connectivity index (χ1v) is 7.60. The van der Waals surface area contributed by atoms with E-state index in [0.717, 1.165) is 10.6 Å². The van der Waals surface area contributed by atoms with Gasteiger partial charge in [0.05, 0.1) is 17.3 Å². The van der Waals surface area contributed by atoms with Gasteiger partial charge in [0.25, 0.3) is 0 Å². The molecular weight excluding hydrogens is 270 g/mol. The van der Waals surface area contributed by atoms with Gasteiger partial charge in [-0.1, -0.05) is 62.9 Å². The van der Waals surface area contributed by atoms with Gasteiger partial charge in [-0.2, -0.15) is 0 Å². The highest BCUT2D eigenvalue weighted by molar-refractivity contribution is 8.04. The number of ketones is 1. The second-order valence-corrected chi connectivity index (χ2v) is 6.85. The lowest BCUT2D eigenvalue weighted by Gasteiger charge is -2.19. The Morgan fingerprint density at radius 1 is 1.30 bits per heavy atom. The van der Waals surface area contributed by atoms with Crippen molar-refractivity contribution in [1.29, 1.82) is 0 Å². The molecule has 1 aromatic carbocycles. The maximum atomic E-state index is 12.1. The third-order valence-corrected chi connectivity index (χ3v) is 4.11. The summed E-state index contributed by atoms with van der Waals surface area (Å²) in [6.45, 7) is 6.18. The van der Waals surface area contributed by atoms with Crippen LogP contribution in [0.3, 0.4) is 0 Å². The van der Waals surface area contributed by atoms with Crippen molar-refractivity contribution in [3.63, 3.8) is 0 Å². The molecule has 0 bridgehead atoms. The summed E-state index contributed by atoms with van der Waals surface area (Å²) in [7, 11) is 0. The molecule has 0 atom stereocenters. The standard InChI is InChI=1S/C16H19NO2S/c1-16(2,3)13(18)9-15-17(14(19)11-20-15)10-12-7-5-4-6-8-12/h4-9H,10-11H2,1-3H3/b15-9-. The lowest BCUT2D eigenvalue weighted by Crippen LogP contribution is -2.25. The number of rotatable bonds is 3. The summed E-state index contributed by atoms with van der Waals surface area (Å²) in [5, 5.41) is 0.763. The average Bonchev–Trinajstić information content (AvgIpc) is 2.72. The maximum Gasteiger partial charge on any atom is 0.238 e. The Bertz CT molecular complexity index is 543. The molecule has 1 aromatic rings. The number of hydrogen-bond acceptors (Lipinski definition) is 3. The zero-order valence-electron chi connectivity index (χ0n) is 12.1. The molecule has 0 spiro atoms. The van der Waals surface area contributed by atoms with Crippen LogP contribution in [0.4, 0.5) is 0 Å². The van der Waals surface area contributed by atoms with Crippen LogP contribution >= 0.6 is 11.8 Å². The van der Waals surface area contributed by atoms with Gasteiger partial charge in [-0.3, -0.25) is 9.59 Å². The second-order valence-electron chi connectivity index (χ2n) is 5.85. The summed E-state index contributed by atoms with van der Waals surface area (Å²) >= 11 is 1.44. The number of carbonyl (C=O) groups excluding carboxylic acids is 2. The SMILES string of the molecule is CC(C)(C)C(=O)/C=C1\SCC(=O)N1Cc1ccccc1. The van der Waals surface area contributed by atoms with Crippen LogP contribution < -0.4 is 0 Å². The molecule has 20 heavy (non-hydrogen) atoms. The Morgan fingerprint density at radius 2 is 1.95 bits per heavy atom. The first-order valence-electron chi connectivity index (χ1n) is 6.61. The number of thioether (sulfide) groups is 1. The molecule has 1 aliphatic heterocycles. The lowest BCUT2D eigenvalue weighted by atomic mass is 9.91. The van der Waals surface area contributed by atoms with Crippen LogP contribution in [0.15, 0.2) is 41.4 Å². The number of hydrogen-bond donors (Lipinski definition) is 0. The highest BCUT2D eigenvalue weighted by Crippen LogP contribution is 2.31. The summed E-state index contributed by atoms with van der Waals surface area (Å²) in [6, 6.07) is 9.82. The molecule has 0 N–H and O–H groups in total. The van der Waals surface area contributed by atoms with Crippen LogP contribution in [-0.2, 0) is 16.1 Å². The van der Waals surface area contributed by atoms with Gasteiger partial charge in [-0.15, -0.1) is 0 Å². The van der Waals surface area contributed by atoms with Crippen LogP contribution in [-0.4, -0.2) is 22.3 Å². The average molecular weight is 289 g/mol. The molecule has 0 unspecified atom stereocenters. The molecule has 1 saturated heterocycles. The van der Waals surface area contributed by atoms with E-state index < -0.39 is 5.41 Å². The van der Waals surface area contributed by atoms with Crippen molar-refractivity contribution in [2.24, 2.45) is 5.41 Å². The molecule has 4 heteroatoms. The molecule has 1 fully saturated rings. The number of allylic oxidation sites excluding steroid dienone is 1. The van der Waals surface area contributed by atoms with Crippen molar-refractivity contribution >= 4 is 23.5 Å². The van der Waals surface area contributed by atoms with Gasteiger partial charge >= 0.3 is 0 Å². The summed E-state index contributed by atoms with van der Waals surface area (Å²) in [5.41, 5.74) is 0.648. The van der Waals surface area contributed by atoms with Gasteiger partial charge < -0.3 is 4.90 Å². The van der Waals surface area contributed by atoms with Gasteiger partial charge in [0.2, 0.25) is 5.91 Å². The highest BCUT2D eigenvalue weighted by atomic mass is 32.2. The summed E-state index contributed by atoms with van der Waals surface area (Å²) in [5.74, 6) is 0.524. The van der Waals surface area contributed by atoms with Gasteiger partial charge in [-0.25, -0.2) is 0 Å². The van der Waals surface area contributed by atoms with E-state index in [1.807, 2.05) is 51.1 Å². The van der Waals surface area contributed by atoms with Crippen molar-refractivity contribution in [2.75, 3.05) is 5.75 Å². The lowest BCUT2D eigenvalue weighted by molar-refractivity contribution is -0.125. The van der Waals surface area contributed by atoms with Crippen molar-refractivity contribution < 1.29 is 9.59 Å². The third kappa shape index (κ3) is 3.51.